The van der Waals surface area contributed by atoms with Gasteiger partial charge in [0.2, 0.25) is 0 Å². The molecule has 1 heterocycles. The number of benzene rings is 6. The summed E-state index contributed by atoms with van der Waals surface area (Å²) in [5, 5.41) is 10.9. The number of rotatable bonds is 3. The third kappa shape index (κ3) is 4.25. The largest absolute Gasteiger partial charge is 0.456 e. The number of anilines is 2. The smallest absolute Gasteiger partial charge is 0.135 e. The average Bonchev–Trinajstić information content (AvgIpc) is 3.04. The van der Waals surface area contributed by atoms with Crippen LogP contribution in [0.5, 0.6) is 0 Å². The lowest BCUT2D eigenvalue weighted by Crippen LogP contribution is -1.93. The van der Waals surface area contributed by atoms with Gasteiger partial charge >= 0.3 is 0 Å². The fourth-order valence-electron chi connectivity index (χ4n) is 5.35. The number of nitrogens with one attached hydrogen (secondary N) is 1. The van der Waals surface area contributed by atoms with E-state index in [0.717, 1.165) is 66.0 Å². The molecule has 0 bridgehead atoms. The van der Waals surface area contributed by atoms with Crippen molar-refractivity contribution in [2.45, 2.75) is 0 Å². The molecule has 186 valence electrons. The van der Waals surface area contributed by atoms with Crippen LogP contribution in [0, 0.1) is 0 Å². The Morgan fingerprint density at radius 2 is 1.00 bits per heavy atom. The van der Waals surface area contributed by atoms with E-state index in [4.69, 9.17) is 16.0 Å². The minimum atomic E-state index is 0.666. The molecule has 0 aliphatic heterocycles. The van der Waals surface area contributed by atoms with Crippen molar-refractivity contribution in [3.05, 3.63) is 145 Å². The summed E-state index contributed by atoms with van der Waals surface area (Å²) in [7, 11) is 0. The van der Waals surface area contributed by atoms with Gasteiger partial charge in [-0.25, -0.2) is 0 Å². The molecule has 2 nitrogen and oxygen atoms in total. The molecule has 0 aliphatic rings. The average molecular weight is 522 g/mol. The molecule has 1 N–H and O–H groups in total. The SMILES string of the molecule is Clc1cc(-c2ccccc2)ccc1Nc1cccc2c3ccccc3oc3ccccc3c3ccccc3c12. The number of halogens is 1. The Morgan fingerprint density at radius 1 is 0.436 bits per heavy atom. The summed E-state index contributed by atoms with van der Waals surface area (Å²) in [5.41, 5.74) is 5.70. The fourth-order valence-corrected chi connectivity index (χ4v) is 5.58. The maximum Gasteiger partial charge on any atom is 0.135 e. The molecule has 3 heteroatoms. The normalized spacial score (nSPS) is 11.2. The highest BCUT2D eigenvalue weighted by Gasteiger charge is 2.12. The van der Waals surface area contributed by atoms with Gasteiger partial charge in [-0.3, -0.25) is 0 Å². The van der Waals surface area contributed by atoms with E-state index in [9.17, 15) is 0 Å². The number of fused-ring (bicyclic) bond motifs is 7. The van der Waals surface area contributed by atoms with Gasteiger partial charge in [0.1, 0.15) is 11.2 Å². The lowest BCUT2D eigenvalue weighted by atomic mass is 9.99. The van der Waals surface area contributed by atoms with Crippen LogP contribution in [-0.4, -0.2) is 0 Å². The highest BCUT2D eigenvalue weighted by molar-refractivity contribution is 6.34. The molecule has 0 amide bonds. The van der Waals surface area contributed by atoms with E-state index in [2.05, 4.69) is 96.3 Å². The monoisotopic (exact) mass is 521 g/mol. The Kier molecular flexibility index (Phi) is 5.88. The van der Waals surface area contributed by atoms with Gasteiger partial charge in [-0.1, -0.05) is 121 Å². The van der Waals surface area contributed by atoms with Crippen LogP contribution >= 0.6 is 11.6 Å². The summed E-state index contributed by atoms with van der Waals surface area (Å²) < 4.78 is 6.57. The van der Waals surface area contributed by atoms with Gasteiger partial charge in [-0.2, -0.15) is 0 Å². The zero-order chi connectivity index (χ0) is 26.2. The molecule has 0 fully saturated rings. The maximum atomic E-state index is 6.86. The number of hydrogen-bond donors (Lipinski definition) is 1. The molecule has 0 unspecified atom stereocenters. The molecule has 7 aromatic rings. The molecule has 0 saturated heterocycles. The summed E-state index contributed by atoms with van der Waals surface area (Å²) in [6, 6.07) is 47.8. The first-order valence-electron chi connectivity index (χ1n) is 13.0. The van der Waals surface area contributed by atoms with E-state index in [1.54, 1.807) is 0 Å². The van der Waals surface area contributed by atoms with E-state index in [1.165, 1.54) is 0 Å². The minimum absolute atomic E-state index is 0.666. The van der Waals surface area contributed by atoms with Crippen molar-refractivity contribution in [3.8, 4) is 11.1 Å². The van der Waals surface area contributed by atoms with Gasteiger partial charge in [0.25, 0.3) is 0 Å². The third-order valence-corrected chi connectivity index (χ3v) is 7.49. The Balaban J connectivity index is 1.55. The van der Waals surface area contributed by atoms with Gasteiger partial charge in [-0.05, 0) is 57.6 Å². The summed E-state index contributed by atoms with van der Waals surface area (Å²) in [6.07, 6.45) is 0. The summed E-state index contributed by atoms with van der Waals surface area (Å²) in [5.74, 6) is 0. The molecule has 0 atom stereocenters. The van der Waals surface area contributed by atoms with Gasteiger partial charge in [0, 0.05) is 21.8 Å². The highest BCUT2D eigenvalue weighted by atomic mass is 35.5. The summed E-state index contributed by atoms with van der Waals surface area (Å²) in [4.78, 5) is 0. The summed E-state index contributed by atoms with van der Waals surface area (Å²) >= 11 is 6.86. The van der Waals surface area contributed by atoms with E-state index in [1.807, 2.05) is 48.5 Å². The van der Waals surface area contributed by atoms with Crippen LogP contribution in [0.2, 0.25) is 5.02 Å². The second kappa shape index (κ2) is 9.83. The van der Waals surface area contributed by atoms with Crippen molar-refractivity contribution < 1.29 is 4.42 Å². The van der Waals surface area contributed by atoms with Crippen molar-refractivity contribution in [2.24, 2.45) is 0 Å². The second-order valence-electron chi connectivity index (χ2n) is 9.55. The number of para-hydroxylation sites is 2. The molecule has 0 spiro atoms. The predicted octanol–water partition coefficient (Wildman–Crippen LogP) is 11.1. The summed E-state index contributed by atoms with van der Waals surface area (Å²) in [6.45, 7) is 0. The van der Waals surface area contributed by atoms with Crippen molar-refractivity contribution >= 4 is 66.5 Å². The van der Waals surface area contributed by atoms with E-state index in [-0.39, 0.29) is 0 Å². The Labute approximate surface area is 231 Å². The lowest BCUT2D eigenvalue weighted by Gasteiger charge is -2.14. The molecule has 6 aromatic carbocycles. The van der Waals surface area contributed by atoms with Crippen LogP contribution in [-0.2, 0) is 0 Å². The molecule has 0 saturated carbocycles. The predicted molar refractivity (Wildman–Crippen MR) is 167 cm³/mol. The third-order valence-electron chi connectivity index (χ3n) is 7.18. The van der Waals surface area contributed by atoms with E-state index >= 15 is 0 Å². The van der Waals surface area contributed by atoms with Crippen LogP contribution in [0.3, 0.4) is 0 Å². The zero-order valence-corrected chi connectivity index (χ0v) is 21.8. The molecule has 39 heavy (non-hydrogen) atoms. The highest BCUT2D eigenvalue weighted by Crippen LogP contribution is 2.38. The van der Waals surface area contributed by atoms with Crippen LogP contribution in [0.4, 0.5) is 11.4 Å². The van der Waals surface area contributed by atoms with Crippen LogP contribution < -0.4 is 5.32 Å². The Bertz CT molecular complexity index is 2060. The van der Waals surface area contributed by atoms with E-state index < -0.39 is 0 Å². The topological polar surface area (TPSA) is 25.2 Å². The molecule has 0 aliphatic carbocycles. The minimum Gasteiger partial charge on any atom is -0.456 e. The van der Waals surface area contributed by atoms with Crippen molar-refractivity contribution in [1.29, 1.82) is 0 Å². The molecular formula is C36H24ClNO. The lowest BCUT2D eigenvalue weighted by molar-refractivity contribution is 0.663. The van der Waals surface area contributed by atoms with Crippen molar-refractivity contribution in [1.82, 2.24) is 0 Å². The first kappa shape index (κ1) is 23.3. The molecular weight excluding hydrogens is 498 g/mol. The maximum absolute atomic E-state index is 6.86. The first-order valence-corrected chi connectivity index (χ1v) is 13.3. The Hall–Kier alpha value is -4.79. The fraction of sp³-hybridized carbons (Fsp3) is 0. The van der Waals surface area contributed by atoms with Gasteiger partial charge in [0.05, 0.1) is 10.7 Å². The van der Waals surface area contributed by atoms with Gasteiger partial charge in [-0.15, -0.1) is 0 Å². The van der Waals surface area contributed by atoms with E-state index in [0.29, 0.717) is 5.02 Å². The molecule has 1 aromatic heterocycles. The van der Waals surface area contributed by atoms with Crippen molar-refractivity contribution in [2.75, 3.05) is 5.32 Å². The molecule has 0 radical (unpaired) electrons. The van der Waals surface area contributed by atoms with Crippen LogP contribution in [0.1, 0.15) is 0 Å². The Morgan fingerprint density at radius 3 is 1.72 bits per heavy atom. The zero-order valence-electron chi connectivity index (χ0n) is 21.1. The van der Waals surface area contributed by atoms with Crippen molar-refractivity contribution in [3.63, 3.8) is 0 Å². The first-order chi connectivity index (χ1) is 19.3. The quantitative estimate of drug-likeness (QED) is 0.250. The van der Waals surface area contributed by atoms with Crippen LogP contribution in [0.25, 0.3) is 54.6 Å². The van der Waals surface area contributed by atoms with Gasteiger partial charge in [0.15, 0.2) is 0 Å². The number of hydrogen-bond acceptors (Lipinski definition) is 2. The van der Waals surface area contributed by atoms with Crippen LogP contribution in [0.15, 0.2) is 144 Å². The van der Waals surface area contributed by atoms with Gasteiger partial charge < -0.3 is 9.73 Å². The molecule has 7 rings (SSSR count). The standard InChI is InChI=1S/C36H24ClNO/c37-31-23-25(24-11-2-1-3-12-24)21-22-32(31)38-33-18-10-17-30-28-15-7-9-20-35(28)39-34-19-8-6-14-27(34)26-13-4-5-16-29(26)36(30)33/h1-23,38H. The second-order valence-corrected chi connectivity index (χ2v) is 9.96.